The Hall–Kier alpha value is -1.05. The normalized spacial score (nSPS) is 14.1. The molecule has 0 aliphatic heterocycles. The maximum atomic E-state index is 11.2. The molecule has 19 heavy (non-hydrogen) atoms. The molecule has 1 atom stereocenters. The zero-order chi connectivity index (χ0) is 14.7. The quantitative estimate of drug-likeness (QED) is 0.337. The Labute approximate surface area is 118 Å². The molecule has 0 aromatic heterocycles. The number of hydrogen-bond acceptors (Lipinski definition) is 2. The summed E-state index contributed by atoms with van der Waals surface area (Å²) in [4.78, 5) is 11.2. The number of allylic oxidation sites excluding steroid dienone is 3. The highest BCUT2D eigenvalue weighted by Gasteiger charge is 2.01. The van der Waals surface area contributed by atoms with Crippen LogP contribution in [-0.4, -0.2) is 12.6 Å². The highest BCUT2D eigenvalue weighted by Crippen LogP contribution is 2.15. The molecule has 0 aromatic rings. The van der Waals surface area contributed by atoms with Crippen molar-refractivity contribution in [3.63, 3.8) is 0 Å². The van der Waals surface area contributed by atoms with E-state index in [9.17, 15) is 4.79 Å². The van der Waals surface area contributed by atoms with Gasteiger partial charge in [-0.3, -0.25) is 0 Å². The molecule has 0 bridgehead atoms. The van der Waals surface area contributed by atoms with Crippen molar-refractivity contribution in [2.45, 2.75) is 60.3 Å². The van der Waals surface area contributed by atoms with Crippen molar-refractivity contribution in [3.05, 3.63) is 23.8 Å². The molecule has 2 nitrogen and oxygen atoms in total. The average Bonchev–Trinajstić information content (AvgIpc) is 2.28. The number of rotatable bonds is 9. The van der Waals surface area contributed by atoms with E-state index < -0.39 is 0 Å². The second-order valence-corrected chi connectivity index (χ2v) is 5.71. The molecule has 0 rings (SSSR count). The molecule has 0 aliphatic carbocycles. The van der Waals surface area contributed by atoms with Gasteiger partial charge in [0.05, 0.1) is 6.61 Å². The summed E-state index contributed by atoms with van der Waals surface area (Å²) in [5, 5.41) is 0. The molecule has 0 saturated carbocycles. The number of esters is 1. The van der Waals surface area contributed by atoms with Crippen LogP contribution in [-0.2, 0) is 9.53 Å². The zero-order valence-corrected chi connectivity index (χ0v) is 13.2. The van der Waals surface area contributed by atoms with Crippen LogP contribution in [0.4, 0.5) is 0 Å². The van der Waals surface area contributed by atoms with Crippen LogP contribution in [0, 0.1) is 11.8 Å². The average molecular weight is 266 g/mol. The van der Waals surface area contributed by atoms with Crippen molar-refractivity contribution in [2.75, 3.05) is 6.61 Å². The summed E-state index contributed by atoms with van der Waals surface area (Å²) in [6, 6.07) is 0. The van der Waals surface area contributed by atoms with Crippen LogP contribution in [0.15, 0.2) is 23.8 Å². The van der Waals surface area contributed by atoms with Gasteiger partial charge < -0.3 is 4.74 Å². The van der Waals surface area contributed by atoms with Crippen molar-refractivity contribution in [1.82, 2.24) is 0 Å². The number of carbonyl (C=O) groups excluding carboxylic acids is 1. The Morgan fingerprint density at radius 2 is 1.89 bits per heavy atom. The van der Waals surface area contributed by atoms with Crippen LogP contribution in [0.2, 0.25) is 0 Å². The summed E-state index contributed by atoms with van der Waals surface area (Å²) >= 11 is 0. The van der Waals surface area contributed by atoms with Crippen molar-refractivity contribution in [2.24, 2.45) is 11.8 Å². The van der Waals surface area contributed by atoms with E-state index in [0.29, 0.717) is 12.5 Å². The first-order valence-electron chi connectivity index (χ1n) is 7.47. The summed E-state index contributed by atoms with van der Waals surface area (Å²) in [5.41, 5.74) is 0.952. The zero-order valence-electron chi connectivity index (χ0n) is 13.2. The fourth-order valence-electron chi connectivity index (χ4n) is 1.90. The number of hydrogen-bond donors (Lipinski definition) is 0. The van der Waals surface area contributed by atoms with Crippen LogP contribution in [0.5, 0.6) is 0 Å². The van der Waals surface area contributed by atoms with E-state index in [1.807, 2.05) is 19.9 Å². The molecule has 0 aliphatic rings. The fourth-order valence-corrected chi connectivity index (χ4v) is 1.90. The van der Waals surface area contributed by atoms with Crippen molar-refractivity contribution < 1.29 is 9.53 Å². The largest absolute Gasteiger partial charge is 0.463 e. The highest BCUT2D eigenvalue weighted by molar-refractivity contribution is 5.83. The van der Waals surface area contributed by atoms with E-state index in [-0.39, 0.29) is 5.97 Å². The standard InChI is InChI=1S/C17H30O2/c1-6-19-17(18)13-16(5)12-8-11-15(4)10-7-9-14(2)3/h8,12-15H,6-7,9-11H2,1-5H3/b12-8+,16-13-. The maximum absolute atomic E-state index is 11.2. The summed E-state index contributed by atoms with van der Waals surface area (Å²) < 4.78 is 4.87. The molecule has 1 unspecified atom stereocenters. The molecule has 0 aromatic carbocycles. The minimum Gasteiger partial charge on any atom is -0.463 e. The summed E-state index contributed by atoms with van der Waals surface area (Å²) in [5.74, 6) is 1.26. The summed E-state index contributed by atoms with van der Waals surface area (Å²) in [7, 11) is 0. The van der Waals surface area contributed by atoms with Gasteiger partial charge in [0, 0.05) is 6.08 Å². The van der Waals surface area contributed by atoms with E-state index in [0.717, 1.165) is 17.9 Å². The Morgan fingerprint density at radius 3 is 2.47 bits per heavy atom. The van der Waals surface area contributed by atoms with Crippen LogP contribution in [0.3, 0.4) is 0 Å². The monoisotopic (exact) mass is 266 g/mol. The van der Waals surface area contributed by atoms with Gasteiger partial charge in [0.2, 0.25) is 0 Å². The van der Waals surface area contributed by atoms with Crippen LogP contribution >= 0.6 is 0 Å². The second kappa shape index (κ2) is 10.8. The Morgan fingerprint density at radius 1 is 1.21 bits per heavy atom. The van der Waals surface area contributed by atoms with Gasteiger partial charge in [-0.15, -0.1) is 0 Å². The lowest BCUT2D eigenvalue weighted by Crippen LogP contribution is -1.99. The lowest BCUT2D eigenvalue weighted by Gasteiger charge is -2.09. The second-order valence-electron chi connectivity index (χ2n) is 5.71. The van der Waals surface area contributed by atoms with Crippen molar-refractivity contribution in [1.29, 1.82) is 0 Å². The number of ether oxygens (including phenoxy) is 1. The minimum absolute atomic E-state index is 0.255. The molecule has 0 saturated heterocycles. The van der Waals surface area contributed by atoms with Crippen LogP contribution < -0.4 is 0 Å². The third-order valence-corrected chi connectivity index (χ3v) is 3.03. The molecule has 0 spiro atoms. The topological polar surface area (TPSA) is 26.3 Å². The van der Waals surface area contributed by atoms with Gasteiger partial charge in [-0.25, -0.2) is 4.79 Å². The maximum Gasteiger partial charge on any atom is 0.330 e. The Balaban J connectivity index is 3.90. The predicted octanol–water partition coefficient (Wildman–Crippen LogP) is 4.90. The molecule has 2 heteroatoms. The smallest absolute Gasteiger partial charge is 0.330 e. The molecular weight excluding hydrogens is 236 g/mol. The van der Waals surface area contributed by atoms with Gasteiger partial charge in [-0.1, -0.05) is 52.2 Å². The van der Waals surface area contributed by atoms with E-state index in [1.54, 1.807) is 6.08 Å². The molecule has 0 radical (unpaired) electrons. The third-order valence-electron chi connectivity index (χ3n) is 3.03. The molecule has 0 N–H and O–H groups in total. The highest BCUT2D eigenvalue weighted by atomic mass is 16.5. The lowest BCUT2D eigenvalue weighted by molar-refractivity contribution is -0.137. The Bertz CT molecular complexity index is 300. The SMILES string of the molecule is CCOC(=O)/C=C(C)\C=C\CC(C)CCCC(C)C. The summed E-state index contributed by atoms with van der Waals surface area (Å²) in [6.07, 6.45) is 10.7. The van der Waals surface area contributed by atoms with Gasteiger partial charge in [-0.05, 0) is 37.7 Å². The molecule has 0 amide bonds. The van der Waals surface area contributed by atoms with Crippen LogP contribution in [0.1, 0.15) is 60.3 Å². The minimum atomic E-state index is -0.255. The van der Waals surface area contributed by atoms with Gasteiger partial charge >= 0.3 is 5.97 Å². The van der Waals surface area contributed by atoms with Gasteiger partial charge in [0.15, 0.2) is 0 Å². The third kappa shape index (κ3) is 11.8. The summed E-state index contributed by atoms with van der Waals surface area (Å²) in [6.45, 7) is 11.0. The number of carbonyl (C=O) groups is 1. The first-order valence-corrected chi connectivity index (χ1v) is 7.47. The molecule has 110 valence electrons. The van der Waals surface area contributed by atoms with E-state index >= 15 is 0 Å². The predicted molar refractivity (Wildman–Crippen MR) is 82.0 cm³/mol. The van der Waals surface area contributed by atoms with Crippen molar-refractivity contribution in [3.8, 4) is 0 Å². The van der Waals surface area contributed by atoms with Gasteiger partial charge in [-0.2, -0.15) is 0 Å². The van der Waals surface area contributed by atoms with E-state index in [1.165, 1.54) is 19.3 Å². The first-order chi connectivity index (χ1) is 8.95. The fraction of sp³-hybridized carbons (Fsp3) is 0.706. The van der Waals surface area contributed by atoms with Gasteiger partial charge in [0.25, 0.3) is 0 Å². The Kier molecular flexibility index (Phi) is 10.2. The first kappa shape index (κ1) is 17.9. The molecule has 0 heterocycles. The molecular formula is C17H30O2. The van der Waals surface area contributed by atoms with Crippen molar-refractivity contribution >= 4 is 5.97 Å². The van der Waals surface area contributed by atoms with E-state index in [2.05, 4.69) is 26.8 Å². The molecule has 0 fully saturated rings. The van der Waals surface area contributed by atoms with Crippen LogP contribution in [0.25, 0.3) is 0 Å². The van der Waals surface area contributed by atoms with Gasteiger partial charge in [0.1, 0.15) is 0 Å². The lowest BCUT2D eigenvalue weighted by atomic mass is 9.97. The van der Waals surface area contributed by atoms with E-state index in [4.69, 9.17) is 4.74 Å².